The number of hydrogen-bond donors (Lipinski definition) is 1. The summed E-state index contributed by atoms with van der Waals surface area (Å²) in [6.45, 7) is 6.10. The van der Waals surface area contributed by atoms with Crippen molar-refractivity contribution in [3.8, 4) is 0 Å². The maximum absolute atomic E-state index is 5.75. The van der Waals surface area contributed by atoms with Gasteiger partial charge in [-0.3, -0.25) is 0 Å². The van der Waals surface area contributed by atoms with Gasteiger partial charge >= 0.3 is 0 Å². The average molecular weight is 211 g/mol. The summed E-state index contributed by atoms with van der Waals surface area (Å²) in [5, 5.41) is 13.5. The second-order valence-corrected chi connectivity index (χ2v) is 4.62. The number of nitrogens with zero attached hydrogens (tertiary/aromatic N) is 4. The number of nitrogens with two attached hydrogens (primary N) is 1. The lowest BCUT2D eigenvalue weighted by Gasteiger charge is -1.99. The van der Waals surface area contributed by atoms with Gasteiger partial charge in [-0.2, -0.15) is 9.61 Å². The van der Waals surface area contributed by atoms with Gasteiger partial charge in [0.15, 0.2) is 5.82 Å². The fourth-order valence-electron chi connectivity index (χ4n) is 1.16. The van der Waals surface area contributed by atoms with Crippen LogP contribution in [0.5, 0.6) is 0 Å². The maximum Gasteiger partial charge on any atom is 0.234 e. The van der Waals surface area contributed by atoms with E-state index in [9.17, 15) is 0 Å². The van der Waals surface area contributed by atoms with E-state index in [0.717, 1.165) is 15.8 Å². The summed E-state index contributed by atoms with van der Waals surface area (Å²) < 4.78 is 1.74. The lowest BCUT2D eigenvalue weighted by Crippen LogP contribution is -2.10. The van der Waals surface area contributed by atoms with Crippen molar-refractivity contribution >= 4 is 16.3 Å². The van der Waals surface area contributed by atoms with E-state index in [4.69, 9.17) is 5.73 Å². The van der Waals surface area contributed by atoms with Gasteiger partial charge in [0.05, 0.1) is 6.04 Å². The van der Waals surface area contributed by atoms with Gasteiger partial charge in [-0.1, -0.05) is 25.2 Å². The van der Waals surface area contributed by atoms with Crippen LogP contribution in [0, 0.1) is 0 Å². The minimum Gasteiger partial charge on any atom is -0.321 e. The third-order valence-electron chi connectivity index (χ3n) is 1.93. The SMILES string of the molecule is CC(C)c1nn2c(C(C)N)nnc2s1. The van der Waals surface area contributed by atoms with E-state index in [0.29, 0.717) is 5.92 Å². The molecular formula is C8H13N5S. The summed E-state index contributed by atoms with van der Waals surface area (Å²) >= 11 is 1.57. The van der Waals surface area contributed by atoms with Gasteiger partial charge in [0.1, 0.15) is 5.01 Å². The third kappa shape index (κ3) is 1.40. The molecule has 0 bridgehead atoms. The van der Waals surface area contributed by atoms with Crippen molar-refractivity contribution in [2.24, 2.45) is 5.73 Å². The Morgan fingerprint density at radius 1 is 1.29 bits per heavy atom. The lowest BCUT2D eigenvalue weighted by molar-refractivity contribution is 0.685. The molecule has 0 aromatic carbocycles. The highest BCUT2D eigenvalue weighted by Gasteiger charge is 2.15. The molecule has 0 radical (unpaired) electrons. The largest absolute Gasteiger partial charge is 0.321 e. The molecule has 2 N–H and O–H groups in total. The molecule has 76 valence electrons. The Hall–Kier alpha value is -1.01. The number of fused-ring (bicyclic) bond motifs is 1. The Kier molecular flexibility index (Phi) is 2.24. The van der Waals surface area contributed by atoms with Crippen molar-refractivity contribution in [1.29, 1.82) is 0 Å². The van der Waals surface area contributed by atoms with Crippen LogP contribution in [0.1, 0.15) is 43.6 Å². The molecule has 1 atom stereocenters. The minimum absolute atomic E-state index is 0.132. The van der Waals surface area contributed by atoms with Crippen molar-refractivity contribution in [2.45, 2.75) is 32.7 Å². The molecular weight excluding hydrogens is 198 g/mol. The van der Waals surface area contributed by atoms with Gasteiger partial charge in [-0.05, 0) is 6.92 Å². The predicted octanol–water partition coefficient (Wildman–Crippen LogP) is 1.33. The van der Waals surface area contributed by atoms with Gasteiger partial charge in [0.25, 0.3) is 0 Å². The Morgan fingerprint density at radius 2 is 2.00 bits per heavy atom. The number of aromatic nitrogens is 4. The van der Waals surface area contributed by atoms with Gasteiger partial charge < -0.3 is 5.73 Å². The normalized spacial score (nSPS) is 14.1. The zero-order valence-corrected chi connectivity index (χ0v) is 9.25. The molecule has 0 saturated heterocycles. The highest BCUT2D eigenvalue weighted by Crippen LogP contribution is 2.22. The van der Waals surface area contributed by atoms with E-state index in [2.05, 4.69) is 29.1 Å². The van der Waals surface area contributed by atoms with Crippen LogP contribution < -0.4 is 5.73 Å². The molecule has 0 fully saturated rings. The third-order valence-corrected chi connectivity index (χ3v) is 3.13. The Bertz CT molecular complexity index is 441. The molecule has 0 amide bonds. The molecule has 0 aliphatic heterocycles. The van der Waals surface area contributed by atoms with Crippen LogP contribution in [0.25, 0.3) is 4.96 Å². The van der Waals surface area contributed by atoms with Crippen LogP contribution in [0.2, 0.25) is 0 Å². The van der Waals surface area contributed by atoms with E-state index in [1.54, 1.807) is 15.9 Å². The van der Waals surface area contributed by atoms with Crippen LogP contribution in [0.15, 0.2) is 0 Å². The zero-order chi connectivity index (χ0) is 10.3. The molecule has 6 heteroatoms. The highest BCUT2D eigenvalue weighted by atomic mass is 32.1. The Morgan fingerprint density at radius 3 is 2.57 bits per heavy atom. The molecule has 0 aliphatic carbocycles. The molecule has 2 rings (SSSR count). The number of hydrogen-bond acceptors (Lipinski definition) is 5. The van der Waals surface area contributed by atoms with Gasteiger partial charge in [-0.15, -0.1) is 10.2 Å². The van der Waals surface area contributed by atoms with Gasteiger partial charge in [0.2, 0.25) is 4.96 Å². The van der Waals surface area contributed by atoms with Gasteiger partial charge in [-0.25, -0.2) is 0 Å². The molecule has 0 spiro atoms. The molecule has 0 aliphatic rings. The minimum atomic E-state index is -0.132. The quantitative estimate of drug-likeness (QED) is 0.813. The second-order valence-electron chi connectivity index (χ2n) is 3.64. The van der Waals surface area contributed by atoms with Crippen molar-refractivity contribution in [2.75, 3.05) is 0 Å². The Balaban J connectivity index is 2.56. The van der Waals surface area contributed by atoms with Crippen LogP contribution in [0.3, 0.4) is 0 Å². The first-order chi connectivity index (χ1) is 6.59. The van der Waals surface area contributed by atoms with Crippen molar-refractivity contribution in [1.82, 2.24) is 19.8 Å². The fourth-order valence-corrected chi connectivity index (χ4v) is 2.01. The summed E-state index contributed by atoms with van der Waals surface area (Å²) in [4.78, 5) is 0.820. The monoisotopic (exact) mass is 211 g/mol. The maximum atomic E-state index is 5.75. The topological polar surface area (TPSA) is 69.1 Å². The van der Waals surface area contributed by atoms with Crippen LogP contribution in [-0.2, 0) is 0 Å². The summed E-state index contributed by atoms with van der Waals surface area (Å²) in [7, 11) is 0. The number of rotatable bonds is 2. The second kappa shape index (κ2) is 3.29. The molecule has 14 heavy (non-hydrogen) atoms. The molecule has 1 unspecified atom stereocenters. The first-order valence-electron chi connectivity index (χ1n) is 4.57. The van der Waals surface area contributed by atoms with Crippen molar-refractivity contribution < 1.29 is 0 Å². The van der Waals surface area contributed by atoms with E-state index < -0.39 is 0 Å². The Labute approximate surface area is 86.0 Å². The fraction of sp³-hybridized carbons (Fsp3) is 0.625. The summed E-state index contributed by atoms with van der Waals surface area (Å²) in [5.41, 5.74) is 5.75. The van der Waals surface area contributed by atoms with E-state index in [1.165, 1.54) is 0 Å². The molecule has 0 saturated carbocycles. The first kappa shape index (κ1) is 9.54. The van der Waals surface area contributed by atoms with Crippen molar-refractivity contribution in [3.05, 3.63) is 10.8 Å². The first-order valence-corrected chi connectivity index (χ1v) is 5.39. The van der Waals surface area contributed by atoms with E-state index >= 15 is 0 Å². The van der Waals surface area contributed by atoms with Crippen LogP contribution in [0.4, 0.5) is 0 Å². The highest BCUT2D eigenvalue weighted by molar-refractivity contribution is 7.16. The van der Waals surface area contributed by atoms with Gasteiger partial charge in [0, 0.05) is 5.92 Å². The van der Waals surface area contributed by atoms with E-state index in [1.807, 2.05) is 6.92 Å². The lowest BCUT2D eigenvalue weighted by atomic mass is 10.2. The van der Waals surface area contributed by atoms with Crippen LogP contribution >= 0.6 is 11.3 Å². The smallest absolute Gasteiger partial charge is 0.234 e. The van der Waals surface area contributed by atoms with Crippen LogP contribution in [-0.4, -0.2) is 19.8 Å². The molecule has 2 heterocycles. The predicted molar refractivity (Wildman–Crippen MR) is 55.4 cm³/mol. The average Bonchev–Trinajstić information content (AvgIpc) is 2.58. The standard InChI is InChI=1S/C8H13N5S/c1-4(2)7-12-13-6(5(3)9)10-11-8(13)14-7/h4-5H,9H2,1-3H3. The summed E-state index contributed by atoms with van der Waals surface area (Å²) in [5.74, 6) is 1.14. The summed E-state index contributed by atoms with van der Waals surface area (Å²) in [6, 6.07) is -0.132. The van der Waals surface area contributed by atoms with E-state index in [-0.39, 0.29) is 6.04 Å². The summed E-state index contributed by atoms with van der Waals surface area (Å²) in [6.07, 6.45) is 0. The van der Waals surface area contributed by atoms with Crippen molar-refractivity contribution in [3.63, 3.8) is 0 Å². The molecule has 2 aromatic rings. The zero-order valence-electron chi connectivity index (χ0n) is 8.43. The molecule has 5 nitrogen and oxygen atoms in total. The molecule has 2 aromatic heterocycles.